The normalized spacial score (nSPS) is 17.3. The Morgan fingerprint density at radius 2 is 1.96 bits per heavy atom. The molecule has 0 radical (unpaired) electrons. The second kappa shape index (κ2) is 6.39. The SMILES string of the molecule is N#Cc1ccc(C2SCC(=O)N2Cc2cccc(F)c2F)cc1. The molecule has 116 valence electrons. The molecule has 6 heteroatoms. The fraction of sp³-hybridized carbons (Fsp3) is 0.176. The lowest BCUT2D eigenvalue weighted by Crippen LogP contribution is -2.28. The van der Waals surface area contributed by atoms with Crippen LogP contribution in [0.15, 0.2) is 42.5 Å². The van der Waals surface area contributed by atoms with Gasteiger partial charge in [-0.3, -0.25) is 4.79 Å². The molecule has 0 aromatic heterocycles. The van der Waals surface area contributed by atoms with Crippen LogP contribution in [0.3, 0.4) is 0 Å². The van der Waals surface area contributed by atoms with Gasteiger partial charge in [0.15, 0.2) is 11.6 Å². The van der Waals surface area contributed by atoms with Crippen LogP contribution in [0.1, 0.15) is 22.1 Å². The summed E-state index contributed by atoms with van der Waals surface area (Å²) in [6, 6.07) is 12.9. The Morgan fingerprint density at radius 1 is 1.22 bits per heavy atom. The van der Waals surface area contributed by atoms with Crippen LogP contribution in [0.2, 0.25) is 0 Å². The minimum absolute atomic E-state index is 0.0140. The topological polar surface area (TPSA) is 44.1 Å². The number of amides is 1. The summed E-state index contributed by atoms with van der Waals surface area (Å²) in [5.74, 6) is -1.66. The van der Waals surface area contributed by atoms with Crippen LogP contribution in [0.5, 0.6) is 0 Å². The number of nitrogens with zero attached hydrogens (tertiary/aromatic N) is 2. The Balaban J connectivity index is 1.88. The molecule has 3 rings (SSSR count). The van der Waals surface area contributed by atoms with Gasteiger partial charge in [0.25, 0.3) is 0 Å². The van der Waals surface area contributed by atoms with E-state index >= 15 is 0 Å². The predicted octanol–water partition coefficient (Wildman–Crippen LogP) is 3.61. The highest BCUT2D eigenvalue weighted by Crippen LogP contribution is 2.39. The maximum absolute atomic E-state index is 13.9. The molecule has 1 atom stereocenters. The quantitative estimate of drug-likeness (QED) is 0.863. The third-order valence-corrected chi connectivity index (χ3v) is 4.92. The molecule has 1 heterocycles. The van der Waals surface area contributed by atoms with Crippen LogP contribution in [0.25, 0.3) is 0 Å². The summed E-state index contributed by atoms with van der Waals surface area (Å²) in [7, 11) is 0. The zero-order chi connectivity index (χ0) is 16.4. The number of halogens is 2. The highest BCUT2D eigenvalue weighted by molar-refractivity contribution is 8.00. The molecule has 1 unspecified atom stereocenters. The van der Waals surface area contributed by atoms with Gasteiger partial charge in [-0.2, -0.15) is 5.26 Å². The molecule has 23 heavy (non-hydrogen) atoms. The highest BCUT2D eigenvalue weighted by Gasteiger charge is 2.33. The van der Waals surface area contributed by atoms with Crippen molar-refractivity contribution in [2.45, 2.75) is 11.9 Å². The second-order valence-corrected chi connectivity index (χ2v) is 6.20. The lowest BCUT2D eigenvalue weighted by Gasteiger charge is -2.24. The van der Waals surface area contributed by atoms with Crippen molar-refractivity contribution in [2.75, 3.05) is 5.75 Å². The fourth-order valence-corrected chi connectivity index (χ4v) is 3.67. The van der Waals surface area contributed by atoms with Gasteiger partial charge in [0.1, 0.15) is 5.37 Å². The first-order valence-corrected chi connectivity index (χ1v) is 7.99. The molecule has 1 saturated heterocycles. The molecular formula is C17H12F2N2OS. The van der Waals surface area contributed by atoms with Gasteiger partial charge in [-0.05, 0) is 23.8 Å². The van der Waals surface area contributed by atoms with Crippen molar-refractivity contribution in [2.24, 2.45) is 0 Å². The van der Waals surface area contributed by atoms with E-state index < -0.39 is 11.6 Å². The Bertz CT molecular complexity index is 786. The van der Waals surface area contributed by atoms with Gasteiger partial charge in [-0.1, -0.05) is 24.3 Å². The number of carbonyl (C=O) groups is 1. The number of hydrogen-bond donors (Lipinski definition) is 0. The number of carbonyl (C=O) groups excluding carboxylic acids is 1. The van der Waals surface area contributed by atoms with Crippen molar-refractivity contribution in [1.29, 1.82) is 5.26 Å². The third kappa shape index (κ3) is 3.06. The lowest BCUT2D eigenvalue weighted by atomic mass is 10.1. The third-order valence-electron chi connectivity index (χ3n) is 3.67. The van der Waals surface area contributed by atoms with E-state index in [2.05, 4.69) is 0 Å². The Morgan fingerprint density at radius 3 is 2.65 bits per heavy atom. The summed E-state index contributed by atoms with van der Waals surface area (Å²) in [5.41, 5.74) is 1.54. The molecule has 1 aliphatic rings. The number of thioether (sulfide) groups is 1. The summed E-state index contributed by atoms with van der Waals surface area (Å²) in [4.78, 5) is 13.6. The number of nitriles is 1. The van der Waals surface area contributed by atoms with Crippen molar-refractivity contribution < 1.29 is 13.6 Å². The van der Waals surface area contributed by atoms with Crippen molar-refractivity contribution >= 4 is 17.7 Å². The minimum atomic E-state index is -0.921. The predicted molar refractivity (Wildman–Crippen MR) is 83.3 cm³/mol. The van der Waals surface area contributed by atoms with Crippen LogP contribution in [0.4, 0.5) is 8.78 Å². The maximum Gasteiger partial charge on any atom is 0.234 e. The van der Waals surface area contributed by atoms with Gasteiger partial charge in [0, 0.05) is 5.56 Å². The van der Waals surface area contributed by atoms with Crippen LogP contribution >= 0.6 is 11.8 Å². The van der Waals surface area contributed by atoms with E-state index in [0.717, 1.165) is 11.6 Å². The van der Waals surface area contributed by atoms with Gasteiger partial charge >= 0.3 is 0 Å². The molecule has 1 fully saturated rings. The fourth-order valence-electron chi connectivity index (χ4n) is 2.48. The van der Waals surface area contributed by atoms with Crippen LogP contribution in [0, 0.1) is 23.0 Å². The van der Waals surface area contributed by atoms with Gasteiger partial charge in [-0.25, -0.2) is 8.78 Å². The van der Waals surface area contributed by atoms with E-state index in [9.17, 15) is 13.6 Å². The van der Waals surface area contributed by atoms with E-state index in [-0.39, 0.29) is 23.4 Å². The Labute approximate surface area is 136 Å². The average molecular weight is 330 g/mol. The molecule has 0 N–H and O–H groups in total. The molecule has 2 aromatic carbocycles. The monoisotopic (exact) mass is 330 g/mol. The van der Waals surface area contributed by atoms with Crippen LogP contribution in [-0.4, -0.2) is 16.6 Å². The first-order chi connectivity index (χ1) is 11.1. The summed E-state index contributed by atoms with van der Waals surface area (Å²) < 4.78 is 27.2. The summed E-state index contributed by atoms with van der Waals surface area (Å²) in [6.07, 6.45) is 0. The molecule has 1 aliphatic heterocycles. The van der Waals surface area contributed by atoms with Gasteiger partial charge in [0.2, 0.25) is 5.91 Å². The summed E-state index contributed by atoms with van der Waals surface area (Å²) in [5, 5.41) is 8.58. The van der Waals surface area contributed by atoms with Gasteiger partial charge in [-0.15, -0.1) is 11.8 Å². The molecule has 2 aromatic rings. The van der Waals surface area contributed by atoms with Crippen LogP contribution in [-0.2, 0) is 11.3 Å². The Hall–Kier alpha value is -2.39. The largest absolute Gasteiger partial charge is 0.321 e. The van der Waals surface area contributed by atoms with Crippen molar-refractivity contribution in [1.82, 2.24) is 4.90 Å². The van der Waals surface area contributed by atoms with Gasteiger partial charge < -0.3 is 4.90 Å². The van der Waals surface area contributed by atoms with Gasteiger partial charge in [0.05, 0.1) is 23.9 Å². The van der Waals surface area contributed by atoms with E-state index in [1.807, 2.05) is 6.07 Å². The lowest BCUT2D eigenvalue weighted by molar-refractivity contribution is -0.128. The molecule has 1 amide bonds. The summed E-state index contributed by atoms with van der Waals surface area (Å²) >= 11 is 1.43. The standard InChI is InChI=1S/C17H12F2N2OS/c18-14-3-1-2-13(16(14)19)9-21-15(22)10-23-17(21)12-6-4-11(8-20)5-7-12/h1-7,17H,9-10H2. The molecule has 3 nitrogen and oxygen atoms in total. The maximum atomic E-state index is 13.9. The number of benzene rings is 2. The molecule has 0 spiro atoms. The first kappa shape index (κ1) is 15.5. The number of hydrogen-bond acceptors (Lipinski definition) is 3. The zero-order valence-corrected chi connectivity index (χ0v) is 12.8. The van der Waals surface area contributed by atoms with E-state index in [4.69, 9.17) is 5.26 Å². The Kier molecular flexibility index (Phi) is 4.30. The molecular weight excluding hydrogens is 318 g/mol. The first-order valence-electron chi connectivity index (χ1n) is 6.94. The second-order valence-electron chi connectivity index (χ2n) is 5.13. The van der Waals surface area contributed by atoms with E-state index in [1.165, 1.54) is 28.8 Å². The summed E-state index contributed by atoms with van der Waals surface area (Å²) in [6.45, 7) is 0.0140. The molecule has 0 saturated carbocycles. The minimum Gasteiger partial charge on any atom is -0.321 e. The zero-order valence-electron chi connectivity index (χ0n) is 12.0. The molecule has 0 bridgehead atoms. The highest BCUT2D eigenvalue weighted by atomic mass is 32.2. The average Bonchev–Trinajstić information content (AvgIpc) is 2.93. The van der Waals surface area contributed by atoms with Crippen molar-refractivity contribution in [3.05, 3.63) is 70.8 Å². The number of rotatable bonds is 3. The van der Waals surface area contributed by atoms with E-state index in [0.29, 0.717) is 11.3 Å². The smallest absolute Gasteiger partial charge is 0.234 e. The molecule has 0 aliphatic carbocycles. The van der Waals surface area contributed by atoms with Crippen molar-refractivity contribution in [3.8, 4) is 6.07 Å². The van der Waals surface area contributed by atoms with Crippen molar-refractivity contribution in [3.63, 3.8) is 0 Å². The van der Waals surface area contributed by atoms with E-state index in [1.54, 1.807) is 24.3 Å². The van der Waals surface area contributed by atoms with Crippen LogP contribution < -0.4 is 0 Å².